The lowest BCUT2D eigenvalue weighted by atomic mass is 9.85. The Hall–Kier alpha value is -0.900. The van der Waals surface area contributed by atoms with Crippen LogP contribution in [0.2, 0.25) is 0 Å². The van der Waals surface area contributed by atoms with E-state index in [1.165, 1.54) is 6.92 Å². The number of ether oxygens (including phenoxy) is 1. The topological polar surface area (TPSA) is 46.6 Å². The number of Topliss-reactive ketones (excluding diaryl/α,β-unsaturated/α-hetero) is 1. The third kappa shape index (κ3) is 2.56. The molecule has 1 saturated heterocycles. The van der Waals surface area contributed by atoms with Crippen LogP contribution in [0, 0.1) is 5.92 Å². The fraction of sp³-hybridized carbons (Fsp3) is 0.818. The molecule has 0 spiro atoms. The highest BCUT2D eigenvalue weighted by Crippen LogP contribution is 2.25. The summed E-state index contributed by atoms with van der Waals surface area (Å²) in [5, 5.41) is 0. The van der Waals surface area contributed by atoms with Crippen molar-refractivity contribution >= 4 is 11.7 Å². The summed E-state index contributed by atoms with van der Waals surface area (Å²) in [5.74, 6) is -0.592. The van der Waals surface area contributed by atoms with Gasteiger partial charge in [-0.1, -0.05) is 13.3 Å². The SMILES string of the molecule is CCCCOC[C@H]1[C@@H](C(C)=O)C(=O)N1C. The summed E-state index contributed by atoms with van der Waals surface area (Å²) in [6, 6.07) is -0.0492. The van der Waals surface area contributed by atoms with Gasteiger partial charge in [0.05, 0.1) is 12.6 Å². The molecule has 0 aromatic rings. The number of ketones is 1. The molecule has 1 heterocycles. The maximum atomic E-state index is 11.4. The average Bonchev–Trinajstić information content (AvgIpc) is 2.20. The Kier molecular flexibility index (Phi) is 4.27. The normalized spacial score (nSPS) is 25.3. The van der Waals surface area contributed by atoms with Crippen molar-refractivity contribution in [1.82, 2.24) is 4.90 Å². The Balaban J connectivity index is 2.34. The molecule has 1 aliphatic rings. The summed E-state index contributed by atoms with van der Waals surface area (Å²) in [6.07, 6.45) is 2.12. The van der Waals surface area contributed by atoms with E-state index in [4.69, 9.17) is 4.74 Å². The van der Waals surface area contributed by atoms with Gasteiger partial charge in [-0.15, -0.1) is 0 Å². The Bertz CT molecular complexity index is 252. The standard InChI is InChI=1S/C11H19NO3/c1-4-5-6-15-7-9-10(8(2)13)11(14)12(9)3/h9-10H,4-7H2,1-3H3/t9-,10+/m0/s1. The van der Waals surface area contributed by atoms with Crippen LogP contribution in [0.1, 0.15) is 26.7 Å². The predicted octanol–water partition coefficient (Wildman–Crippen LogP) is 0.849. The maximum absolute atomic E-state index is 11.4. The van der Waals surface area contributed by atoms with Crippen LogP contribution in [-0.4, -0.2) is 42.9 Å². The minimum atomic E-state index is -0.461. The van der Waals surface area contributed by atoms with E-state index in [2.05, 4.69) is 6.92 Å². The zero-order chi connectivity index (χ0) is 11.4. The molecule has 0 unspecified atom stereocenters. The summed E-state index contributed by atoms with van der Waals surface area (Å²) in [4.78, 5) is 24.1. The summed E-state index contributed by atoms with van der Waals surface area (Å²) >= 11 is 0. The molecule has 0 saturated carbocycles. The van der Waals surface area contributed by atoms with E-state index >= 15 is 0 Å². The molecule has 4 heteroatoms. The van der Waals surface area contributed by atoms with Crippen LogP contribution in [0.25, 0.3) is 0 Å². The van der Waals surface area contributed by atoms with Crippen molar-refractivity contribution < 1.29 is 14.3 Å². The largest absolute Gasteiger partial charge is 0.379 e. The lowest BCUT2D eigenvalue weighted by Crippen LogP contribution is -2.63. The van der Waals surface area contributed by atoms with Crippen molar-refractivity contribution in [2.45, 2.75) is 32.7 Å². The van der Waals surface area contributed by atoms with Gasteiger partial charge in [-0.05, 0) is 13.3 Å². The van der Waals surface area contributed by atoms with Crippen LogP contribution in [0.5, 0.6) is 0 Å². The third-order valence-electron chi connectivity index (χ3n) is 2.86. The zero-order valence-electron chi connectivity index (χ0n) is 9.66. The lowest BCUT2D eigenvalue weighted by molar-refractivity contribution is -0.161. The number of hydrogen-bond donors (Lipinski definition) is 0. The van der Waals surface area contributed by atoms with Gasteiger partial charge in [0.1, 0.15) is 11.7 Å². The smallest absolute Gasteiger partial charge is 0.235 e. The Morgan fingerprint density at radius 3 is 2.73 bits per heavy atom. The molecule has 4 nitrogen and oxygen atoms in total. The molecule has 0 aliphatic carbocycles. The number of amides is 1. The van der Waals surface area contributed by atoms with E-state index in [9.17, 15) is 9.59 Å². The summed E-state index contributed by atoms with van der Waals surface area (Å²) in [7, 11) is 1.72. The first-order valence-corrected chi connectivity index (χ1v) is 5.44. The van der Waals surface area contributed by atoms with E-state index in [-0.39, 0.29) is 17.7 Å². The maximum Gasteiger partial charge on any atom is 0.235 e. The molecule has 0 aromatic heterocycles. The molecule has 0 bridgehead atoms. The van der Waals surface area contributed by atoms with Gasteiger partial charge in [-0.25, -0.2) is 0 Å². The van der Waals surface area contributed by atoms with Crippen LogP contribution >= 0.6 is 0 Å². The molecule has 1 amide bonds. The second-order valence-electron chi connectivity index (χ2n) is 4.03. The van der Waals surface area contributed by atoms with Crippen molar-refractivity contribution in [2.24, 2.45) is 5.92 Å². The molecule has 1 fully saturated rings. The number of likely N-dealkylation sites (N-methyl/N-ethyl adjacent to an activating group) is 1. The van der Waals surface area contributed by atoms with E-state index in [0.717, 1.165) is 12.8 Å². The molecule has 15 heavy (non-hydrogen) atoms. The number of carbonyl (C=O) groups excluding carboxylic acids is 2. The predicted molar refractivity (Wildman–Crippen MR) is 56.5 cm³/mol. The molecule has 1 rings (SSSR count). The van der Waals surface area contributed by atoms with E-state index < -0.39 is 5.92 Å². The molecular weight excluding hydrogens is 194 g/mol. The van der Waals surface area contributed by atoms with Crippen LogP contribution in [-0.2, 0) is 14.3 Å². The molecule has 1 aliphatic heterocycles. The first-order chi connectivity index (χ1) is 7.09. The van der Waals surface area contributed by atoms with Gasteiger partial charge < -0.3 is 9.64 Å². The third-order valence-corrected chi connectivity index (χ3v) is 2.86. The van der Waals surface area contributed by atoms with Crippen LogP contribution in [0.4, 0.5) is 0 Å². The van der Waals surface area contributed by atoms with Crippen molar-refractivity contribution in [3.05, 3.63) is 0 Å². The number of rotatable bonds is 6. The highest BCUT2D eigenvalue weighted by molar-refractivity contribution is 6.05. The number of likely N-dealkylation sites (tertiary alicyclic amines) is 1. The molecule has 2 atom stereocenters. The first kappa shape index (κ1) is 12.2. The number of unbranched alkanes of at least 4 members (excludes halogenated alkanes) is 1. The van der Waals surface area contributed by atoms with Crippen molar-refractivity contribution in [1.29, 1.82) is 0 Å². The van der Waals surface area contributed by atoms with E-state index in [1.807, 2.05) is 0 Å². The monoisotopic (exact) mass is 213 g/mol. The first-order valence-electron chi connectivity index (χ1n) is 5.44. The summed E-state index contributed by atoms with van der Waals surface area (Å²) in [5.41, 5.74) is 0. The number of carbonyl (C=O) groups is 2. The molecular formula is C11H19NO3. The molecule has 86 valence electrons. The van der Waals surface area contributed by atoms with Crippen molar-refractivity contribution in [3.8, 4) is 0 Å². The van der Waals surface area contributed by atoms with Gasteiger partial charge in [0.25, 0.3) is 0 Å². The number of β-lactam (4-membered cyclic amide) rings is 1. The summed E-state index contributed by atoms with van der Waals surface area (Å²) in [6.45, 7) is 4.75. The van der Waals surface area contributed by atoms with Gasteiger partial charge in [-0.2, -0.15) is 0 Å². The van der Waals surface area contributed by atoms with Crippen molar-refractivity contribution in [2.75, 3.05) is 20.3 Å². The van der Waals surface area contributed by atoms with E-state index in [1.54, 1.807) is 11.9 Å². The van der Waals surface area contributed by atoms with Gasteiger partial charge in [0.15, 0.2) is 0 Å². The Labute approximate surface area is 90.6 Å². The zero-order valence-corrected chi connectivity index (χ0v) is 9.66. The fourth-order valence-corrected chi connectivity index (χ4v) is 1.79. The van der Waals surface area contributed by atoms with Gasteiger partial charge in [0, 0.05) is 13.7 Å². The summed E-state index contributed by atoms with van der Waals surface area (Å²) < 4.78 is 5.43. The number of hydrogen-bond acceptors (Lipinski definition) is 3. The second-order valence-corrected chi connectivity index (χ2v) is 4.03. The van der Waals surface area contributed by atoms with Gasteiger partial charge in [0.2, 0.25) is 5.91 Å². The molecule has 0 aromatic carbocycles. The number of nitrogens with zero attached hydrogens (tertiary/aromatic N) is 1. The van der Waals surface area contributed by atoms with E-state index in [0.29, 0.717) is 13.2 Å². The van der Waals surface area contributed by atoms with Gasteiger partial charge >= 0.3 is 0 Å². The Morgan fingerprint density at radius 1 is 1.53 bits per heavy atom. The minimum Gasteiger partial charge on any atom is -0.379 e. The van der Waals surface area contributed by atoms with Crippen LogP contribution in [0.15, 0.2) is 0 Å². The minimum absolute atomic E-state index is 0.0492. The fourth-order valence-electron chi connectivity index (χ4n) is 1.79. The van der Waals surface area contributed by atoms with Crippen LogP contribution in [0.3, 0.4) is 0 Å². The van der Waals surface area contributed by atoms with Crippen molar-refractivity contribution in [3.63, 3.8) is 0 Å². The highest BCUT2D eigenvalue weighted by atomic mass is 16.5. The molecule has 0 N–H and O–H groups in total. The Morgan fingerprint density at radius 2 is 2.20 bits per heavy atom. The quantitative estimate of drug-likeness (QED) is 0.373. The molecule has 0 radical (unpaired) electrons. The van der Waals surface area contributed by atoms with Gasteiger partial charge in [-0.3, -0.25) is 9.59 Å². The second kappa shape index (κ2) is 5.26. The highest BCUT2D eigenvalue weighted by Gasteiger charge is 2.47. The van der Waals surface area contributed by atoms with Crippen LogP contribution < -0.4 is 0 Å². The average molecular weight is 213 g/mol. The lowest BCUT2D eigenvalue weighted by Gasteiger charge is -2.43.